The van der Waals surface area contributed by atoms with Crippen LogP contribution in [0.25, 0.3) is 0 Å². The van der Waals surface area contributed by atoms with Gasteiger partial charge in [-0.25, -0.2) is 4.79 Å². The Hall–Kier alpha value is -2.90. The smallest absolute Gasteiger partial charge is 0.407 e. The molecule has 2 aromatic carbocycles. The summed E-state index contributed by atoms with van der Waals surface area (Å²) >= 11 is 0. The normalized spacial score (nSPS) is 12.8. The van der Waals surface area contributed by atoms with Gasteiger partial charge in [0.2, 0.25) is 0 Å². The Labute approximate surface area is 157 Å². The molecule has 144 valence electrons. The zero-order chi connectivity index (χ0) is 19.5. The minimum absolute atomic E-state index is 0.00568. The highest BCUT2D eigenvalue weighted by Gasteiger charge is 2.23. The summed E-state index contributed by atoms with van der Waals surface area (Å²) in [5, 5.41) is 21.6. The molecule has 0 aromatic heterocycles. The number of aliphatic hydroxyl groups is 1. The minimum atomic E-state index is -1.37. The van der Waals surface area contributed by atoms with Gasteiger partial charge in [-0.1, -0.05) is 60.7 Å². The van der Waals surface area contributed by atoms with Crippen LogP contribution in [0.3, 0.4) is 0 Å². The van der Waals surface area contributed by atoms with Crippen LogP contribution in [0.15, 0.2) is 60.7 Å². The van der Waals surface area contributed by atoms with Gasteiger partial charge in [0.05, 0.1) is 12.6 Å². The molecule has 0 radical (unpaired) electrons. The van der Waals surface area contributed by atoms with Crippen LogP contribution in [0.1, 0.15) is 24.0 Å². The maximum atomic E-state index is 12.0. The van der Waals surface area contributed by atoms with Crippen molar-refractivity contribution in [2.45, 2.75) is 38.4 Å². The van der Waals surface area contributed by atoms with Gasteiger partial charge >= 0.3 is 12.1 Å². The molecule has 27 heavy (non-hydrogen) atoms. The van der Waals surface area contributed by atoms with E-state index in [0.29, 0.717) is 0 Å². The third-order valence-corrected chi connectivity index (χ3v) is 3.79. The number of carbonyl (C=O) groups excluding carboxylic acids is 1. The van der Waals surface area contributed by atoms with Crippen molar-refractivity contribution in [3.8, 4) is 0 Å². The first kappa shape index (κ1) is 20.4. The average molecular weight is 373 g/mol. The molecule has 0 bridgehead atoms. The number of carboxylic acid groups (broad SMARTS) is 1. The van der Waals surface area contributed by atoms with E-state index in [9.17, 15) is 14.7 Å². The van der Waals surface area contributed by atoms with Crippen LogP contribution < -0.4 is 5.32 Å². The molecule has 2 aromatic rings. The number of ether oxygens (including phenoxy) is 2. The van der Waals surface area contributed by atoms with Gasteiger partial charge in [-0.05, 0) is 17.5 Å². The number of nitrogens with one attached hydrogen (secondary N) is 1. The summed E-state index contributed by atoms with van der Waals surface area (Å²) in [5.74, 6) is -1.03. The van der Waals surface area contributed by atoms with Crippen LogP contribution in [0.4, 0.5) is 4.79 Å². The van der Waals surface area contributed by atoms with E-state index < -0.39 is 24.4 Å². The number of carbonyl (C=O) groups is 2. The lowest BCUT2D eigenvalue weighted by Crippen LogP contribution is -2.45. The Kier molecular flexibility index (Phi) is 8.28. The highest BCUT2D eigenvalue weighted by Crippen LogP contribution is 2.10. The molecule has 2 rings (SSSR count). The number of amides is 1. The van der Waals surface area contributed by atoms with E-state index in [1.54, 1.807) is 0 Å². The van der Waals surface area contributed by atoms with E-state index in [-0.39, 0.29) is 26.1 Å². The van der Waals surface area contributed by atoms with E-state index >= 15 is 0 Å². The molecule has 1 amide bonds. The van der Waals surface area contributed by atoms with Crippen LogP contribution in [0.5, 0.6) is 0 Å². The molecule has 0 heterocycles. The van der Waals surface area contributed by atoms with Gasteiger partial charge in [0.1, 0.15) is 6.61 Å². The second-order valence-corrected chi connectivity index (χ2v) is 5.93. The molecule has 2 atom stereocenters. The van der Waals surface area contributed by atoms with Gasteiger partial charge in [-0.15, -0.1) is 0 Å². The molecule has 7 heteroatoms. The second kappa shape index (κ2) is 10.9. The van der Waals surface area contributed by atoms with Crippen molar-refractivity contribution >= 4 is 12.1 Å². The standard InChI is InChI=1S/C20H23NO6/c22-18(23)12-11-17(19(24)26-13-15-7-3-1-4-8-15)21-20(25)27-14-16-9-5-2-6-10-16/h1-10,17,19,24H,11-14H2,(H,21,25)(H,22,23). The van der Waals surface area contributed by atoms with Crippen molar-refractivity contribution in [3.63, 3.8) is 0 Å². The minimum Gasteiger partial charge on any atom is -0.481 e. The molecule has 0 saturated heterocycles. The van der Waals surface area contributed by atoms with Crippen molar-refractivity contribution < 1.29 is 29.3 Å². The summed E-state index contributed by atoms with van der Waals surface area (Å²) in [7, 11) is 0. The number of alkyl carbamates (subject to hydrolysis) is 1. The summed E-state index contributed by atoms with van der Waals surface area (Å²) in [6, 6.07) is 17.4. The zero-order valence-electron chi connectivity index (χ0n) is 14.8. The summed E-state index contributed by atoms with van der Waals surface area (Å²) in [4.78, 5) is 22.8. The maximum Gasteiger partial charge on any atom is 0.407 e. The van der Waals surface area contributed by atoms with Crippen LogP contribution >= 0.6 is 0 Å². The summed E-state index contributed by atoms with van der Waals surface area (Å²) in [6.07, 6.45) is -2.34. The Morgan fingerprint density at radius 2 is 1.48 bits per heavy atom. The van der Waals surface area contributed by atoms with Crippen LogP contribution in [-0.2, 0) is 27.5 Å². The van der Waals surface area contributed by atoms with Crippen molar-refractivity contribution in [2.24, 2.45) is 0 Å². The second-order valence-electron chi connectivity index (χ2n) is 5.93. The lowest BCUT2D eigenvalue weighted by molar-refractivity contribution is -0.141. The lowest BCUT2D eigenvalue weighted by atomic mass is 10.1. The van der Waals surface area contributed by atoms with Gasteiger partial charge in [0.25, 0.3) is 0 Å². The molecule has 0 saturated carbocycles. The van der Waals surface area contributed by atoms with Crippen molar-refractivity contribution in [2.75, 3.05) is 0 Å². The maximum absolute atomic E-state index is 12.0. The number of hydrogen-bond donors (Lipinski definition) is 3. The quantitative estimate of drug-likeness (QED) is 0.553. The molecule has 0 aliphatic rings. The fraction of sp³-hybridized carbons (Fsp3) is 0.300. The van der Waals surface area contributed by atoms with Crippen molar-refractivity contribution in [3.05, 3.63) is 71.8 Å². The van der Waals surface area contributed by atoms with Crippen LogP contribution in [0, 0.1) is 0 Å². The average Bonchev–Trinajstić information content (AvgIpc) is 2.69. The summed E-state index contributed by atoms with van der Waals surface area (Å²) in [5.41, 5.74) is 1.66. The SMILES string of the molecule is O=C(O)CCC(NC(=O)OCc1ccccc1)C(O)OCc1ccccc1. The first-order valence-electron chi connectivity index (χ1n) is 8.57. The molecule has 0 spiro atoms. The molecule has 0 fully saturated rings. The summed E-state index contributed by atoms with van der Waals surface area (Å²) < 4.78 is 10.5. The van der Waals surface area contributed by atoms with Gasteiger partial charge in [0.15, 0.2) is 6.29 Å². The highest BCUT2D eigenvalue weighted by molar-refractivity contribution is 5.68. The third kappa shape index (κ3) is 7.89. The Morgan fingerprint density at radius 3 is 2.04 bits per heavy atom. The van der Waals surface area contributed by atoms with Gasteiger partial charge in [-0.2, -0.15) is 0 Å². The predicted molar refractivity (Wildman–Crippen MR) is 97.7 cm³/mol. The van der Waals surface area contributed by atoms with E-state index in [2.05, 4.69) is 5.32 Å². The van der Waals surface area contributed by atoms with Gasteiger partial charge in [0, 0.05) is 6.42 Å². The molecular weight excluding hydrogens is 350 g/mol. The van der Waals surface area contributed by atoms with E-state index in [1.165, 1.54) is 0 Å². The van der Waals surface area contributed by atoms with Crippen molar-refractivity contribution in [1.82, 2.24) is 5.32 Å². The van der Waals surface area contributed by atoms with Gasteiger partial charge < -0.3 is 25.0 Å². The van der Waals surface area contributed by atoms with Crippen LogP contribution in [-0.4, -0.2) is 34.6 Å². The predicted octanol–water partition coefficient (Wildman–Crippen LogP) is 2.68. The largest absolute Gasteiger partial charge is 0.481 e. The number of hydrogen-bond acceptors (Lipinski definition) is 5. The Bertz CT molecular complexity index is 707. The molecule has 0 aliphatic heterocycles. The highest BCUT2D eigenvalue weighted by atomic mass is 16.6. The van der Waals surface area contributed by atoms with E-state index in [0.717, 1.165) is 11.1 Å². The summed E-state index contributed by atoms with van der Waals surface area (Å²) in [6.45, 7) is 0.200. The first-order valence-corrected chi connectivity index (χ1v) is 8.57. The fourth-order valence-corrected chi connectivity index (χ4v) is 2.35. The molecule has 7 nitrogen and oxygen atoms in total. The fourth-order valence-electron chi connectivity index (χ4n) is 2.35. The Morgan fingerprint density at radius 1 is 0.926 bits per heavy atom. The topological polar surface area (TPSA) is 105 Å². The number of aliphatic carboxylic acids is 1. The molecule has 2 unspecified atom stereocenters. The molecule has 0 aliphatic carbocycles. The van der Waals surface area contributed by atoms with Crippen molar-refractivity contribution in [1.29, 1.82) is 0 Å². The number of rotatable bonds is 10. The lowest BCUT2D eigenvalue weighted by Gasteiger charge is -2.23. The van der Waals surface area contributed by atoms with Gasteiger partial charge in [-0.3, -0.25) is 4.79 Å². The molecular formula is C20H23NO6. The number of carboxylic acids is 1. The van der Waals surface area contributed by atoms with E-state index in [4.69, 9.17) is 14.6 Å². The van der Waals surface area contributed by atoms with E-state index in [1.807, 2.05) is 60.7 Å². The zero-order valence-corrected chi connectivity index (χ0v) is 14.8. The number of aliphatic hydroxyl groups excluding tert-OH is 1. The number of benzene rings is 2. The molecule has 3 N–H and O–H groups in total. The first-order chi connectivity index (χ1) is 13.0. The Balaban J connectivity index is 1.87. The third-order valence-electron chi connectivity index (χ3n) is 3.79. The van der Waals surface area contributed by atoms with Crippen LogP contribution in [0.2, 0.25) is 0 Å². The monoisotopic (exact) mass is 373 g/mol.